The highest BCUT2D eigenvalue weighted by Gasteiger charge is 2.37. The summed E-state index contributed by atoms with van der Waals surface area (Å²) in [5.41, 5.74) is 0.463. The molecule has 0 aromatic rings. The van der Waals surface area contributed by atoms with E-state index in [0.29, 0.717) is 23.9 Å². The first-order chi connectivity index (χ1) is 9.10. The molecule has 2 rings (SSSR count). The van der Waals surface area contributed by atoms with Crippen molar-refractivity contribution in [1.82, 2.24) is 0 Å². The molecule has 4 nitrogen and oxygen atoms in total. The average Bonchev–Trinajstić information content (AvgIpc) is 2.39. The second kappa shape index (κ2) is 6.22. The molecule has 2 saturated carbocycles. The Balaban J connectivity index is 1.83. The second-order valence-corrected chi connectivity index (χ2v) is 5.81. The minimum Gasteiger partial charge on any atom is -0.465 e. The van der Waals surface area contributed by atoms with Crippen LogP contribution >= 0.6 is 0 Å². The third kappa shape index (κ3) is 3.58. The molecule has 0 aliphatic heterocycles. The molecule has 0 spiro atoms. The lowest BCUT2D eigenvalue weighted by Gasteiger charge is -2.41. The second-order valence-electron chi connectivity index (χ2n) is 5.81. The molecule has 4 atom stereocenters. The van der Waals surface area contributed by atoms with Crippen LogP contribution in [-0.4, -0.2) is 24.6 Å². The first kappa shape index (κ1) is 14.1. The Hall–Kier alpha value is -1.32. The van der Waals surface area contributed by atoms with E-state index in [0.717, 1.165) is 38.5 Å². The van der Waals surface area contributed by atoms with Gasteiger partial charge in [-0.25, -0.2) is 4.79 Å². The Labute approximate surface area is 114 Å². The first-order valence-electron chi connectivity index (χ1n) is 7.05. The van der Waals surface area contributed by atoms with Gasteiger partial charge in [-0.1, -0.05) is 6.58 Å². The maximum absolute atomic E-state index is 11.5. The van der Waals surface area contributed by atoms with E-state index in [9.17, 15) is 9.59 Å². The molecular weight excluding hydrogens is 244 g/mol. The van der Waals surface area contributed by atoms with Gasteiger partial charge in [-0.05, 0) is 57.3 Å². The quantitative estimate of drug-likeness (QED) is 0.446. The van der Waals surface area contributed by atoms with E-state index in [1.165, 1.54) is 0 Å². The summed E-state index contributed by atoms with van der Waals surface area (Å²) in [7, 11) is 0. The van der Waals surface area contributed by atoms with Crippen molar-refractivity contribution in [3.8, 4) is 0 Å². The maximum Gasteiger partial charge on any atom is 0.333 e. The van der Waals surface area contributed by atoms with Crippen molar-refractivity contribution < 1.29 is 19.1 Å². The summed E-state index contributed by atoms with van der Waals surface area (Å²) >= 11 is 0. The number of carbonyl (C=O) groups is 2. The summed E-state index contributed by atoms with van der Waals surface area (Å²) < 4.78 is 10.5. The minimum atomic E-state index is -0.276. The normalized spacial score (nSPS) is 33.9. The van der Waals surface area contributed by atoms with Crippen LogP contribution in [0, 0.1) is 11.8 Å². The van der Waals surface area contributed by atoms with Gasteiger partial charge < -0.3 is 9.47 Å². The Morgan fingerprint density at radius 2 is 1.68 bits per heavy atom. The molecule has 0 aromatic heterocycles. The van der Waals surface area contributed by atoms with Gasteiger partial charge in [0.2, 0.25) is 0 Å². The fraction of sp³-hybridized carbons (Fsp3) is 0.733. The predicted octanol–water partition coefficient (Wildman–Crippen LogP) is 2.62. The van der Waals surface area contributed by atoms with Gasteiger partial charge in [0.05, 0.1) is 0 Å². The van der Waals surface area contributed by atoms with Crippen LogP contribution in [0.1, 0.15) is 45.4 Å². The van der Waals surface area contributed by atoms with E-state index in [2.05, 4.69) is 6.58 Å². The van der Waals surface area contributed by atoms with Gasteiger partial charge >= 0.3 is 5.97 Å². The molecular formula is C15H22O4. The van der Waals surface area contributed by atoms with E-state index in [1.54, 1.807) is 6.92 Å². The van der Waals surface area contributed by atoms with Crippen molar-refractivity contribution in [3.05, 3.63) is 12.2 Å². The van der Waals surface area contributed by atoms with E-state index in [-0.39, 0.29) is 18.2 Å². The zero-order valence-electron chi connectivity index (χ0n) is 11.5. The fourth-order valence-corrected chi connectivity index (χ4v) is 3.36. The SMILES string of the molecule is C=C(C)C(=O)OC1CCC2CC(OC=O)CCC2C1. The molecule has 0 aromatic carbocycles. The standard InChI is InChI=1S/C15H22O4/c1-10(2)15(17)19-14-6-4-11-7-13(18-9-16)5-3-12(11)8-14/h9,11-14H,1,3-8H2,2H3. The fourth-order valence-electron chi connectivity index (χ4n) is 3.36. The lowest BCUT2D eigenvalue weighted by molar-refractivity contribution is -0.149. The number of ether oxygens (including phenoxy) is 2. The van der Waals surface area contributed by atoms with Crippen LogP contribution in [0.5, 0.6) is 0 Å². The number of esters is 1. The highest BCUT2D eigenvalue weighted by molar-refractivity contribution is 5.87. The monoisotopic (exact) mass is 266 g/mol. The van der Waals surface area contributed by atoms with Gasteiger partial charge in [0.25, 0.3) is 6.47 Å². The third-order valence-corrected chi connectivity index (χ3v) is 4.39. The zero-order chi connectivity index (χ0) is 13.8. The number of carbonyl (C=O) groups excluding carboxylic acids is 2. The van der Waals surface area contributed by atoms with E-state index >= 15 is 0 Å². The van der Waals surface area contributed by atoms with E-state index in [4.69, 9.17) is 9.47 Å². The van der Waals surface area contributed by atoms with Crippen LogP contribution in [0.2, 0.25) is 0 Å². The Bertz CT molecular complexity index is 363. The molecule has 0 radical (unpaired) electrons. The number of hydrogen-bond donors (Lipinski definition) is 0. The summed E-state index contributed by atoms with van der Waals surface area (Å²) in [6, 6.07) is 0. The Morgan fingerprint density at radius 3 is 2.26 bits per heavy atom. The van der Waals surface area contributed by atoms with Crippen molar-refractivity contribution in [3.63, 3.8) is 0 Å². The van der Waals surface area contributed by atoms with Crippen molar-refractivity contribution in [2.45, 2.75) is 57.7 Å². The van der Waals surface area contributed by atoms with Crippen LogP contribution < -0.4 is 0 Å². The average molecular weight is 266 g/mol. The van der Waals surface area contributed by atoms with E-state index < -0.39 is 0 Å². The van der Waals surface area contributed by atoms with Crippen molar-refractivity contribution in [1.29, 1.82) is 0 Å². The van der Waals surface area contributed by atoms with Crippen LogP contribution in [0.15, 0.2) is 12.2 Å². The predicted molar refractivity (Wildman–Crippen MR) is 70.3 cm³/mol. The smallest absolute Gasteiger partial charge is 0.333 e. The van der Waals surface area contributed by atoms with Crippen LogP contribution in [0.3, 0.4) is 0 Å². The van der Waals surface area contributed by atoms with Gasteiger partial charge in [-0.2, -0.15) is 0 Å². The van der Waals surface area contributed by atoms with Gasteiger partial charge in [-0.15, -0.1) is 0 Å². The third-order valence-electron chi connectivity index (χ3n) is 4.39. The largest absolute Gasteiger partial charge is 0.465 e. The molecule has 4 unspecified atom stereocenters. The maximum atomic E-state index is 11.5. The summed E-state index contributed by atoms with van der Waals surface area (Å²) in [6.45, 7) is 5.85. The summed E-state index contributed by atoms with van der Waals surface area (Å²) in [5, 5.41) is 0. The molecule has 4 heteroatoms. The summed E-state index contributed by atoms with van der Waals surface area (Å²) in [4.78, 5) is 21.9. The van der Waals surface area contributed by atoms with E-state index in [1.807, 2.05) is 0 Å². The number of fused-ring (bicyclic) bond motifs is 1. The van der Waals surface area contributed by atoms with Crippen LogP contribution in [0.25, 0.3) is 0 Å². The highest BCUT2D eigenvalue weighted by Crippen LogP contribution is 2.42. The molecule has 19 heavy (non-hydrogen) atoms. The summed E-state index contributed by atoms with van der Waals surface area (Å²) in [5.74, 6) is 0.933. The lowest BCUT2D eigenvalue weighted by atomic mass is 9.69. The van der Waals surface area contributed by atoms with Crippen LogP contribution in [0.4, 0.5) is 0 Å². The molecule has 0 N–H and O–H groups in total. The topological polar surface area (TPSA) is 52.6 Å². The van der Waals surface area contributed by atoms with Gasteiger partial charge in [0.1, 0.15) is 12.2 Å². The molecule has 0 bridgehead atoms. The number of rotatable bonds is 4. The minimum absolute atomic E-state index is 0.0361. The molecule has 0 amide bonds. The van der Waals surface area contributed by atoms with Crippen molar-refractivity contribution >= 4 is 12.4 Å². The zero-order valence-corrected chi connectivity index (χ0v) is 11.5. The molecule has 0 heterocycles. The molecule has 2 fully saturated rings. The van der Waals surface area contributed by atoms with Gasteiger partial charge in [-0.3, -0.25) is 4.79 Å². The first-order valence-corrected chi connectivity index (χ1v) is 7.05. The van der Waals surface area contributed by atoms with Gasteiger partial charge in [0.15, 0.2) is 0 Å². The van der Waals surface area contributed by atoms with Crippen molar-refractivity contribution in [2.24, 2.45) is 11.8 Å². The highest BCUT2D eigenvalue weighted by atomic mass is 16.5. The molecule has 2 aliphatic rings. The van der Waals surface area contributed by atoms with Crippen LogP contribution in [-0.2, 0) is 19.1 Å². The summed E-state index contributed by atoms with van der Waals surface area (Å²) in [6.07, 6.45) is 5.99. The van der Waals surface area contributed by atoms with Crippen molar-refractivity contribution in [2.75, 3.05) is 0 Å². The molecule has 2 aliphatic carbocycles. The lowest BCUT2D eigenvalue weighted by Crippen LogP contribution is -2.37. The van der Waals surface area contributed by atoms with Gasteiger partial charge in [0, 0.05) is 5.57 Å². The molecule has 0 saturated heterocycles. The Morgan fingerprint density at radius 1 is 1.11 bits per heavy atom. The Kier molecular flexibility index (Phi) is 4.61. The number of hydrogen-bond acceptors (Lipinski definition) is 4. The molecule has 106 valence electrons.